The lowest BCUT2D eigenvalue weighted by atomic mass is 9.89. The number of carbonyl (C=O) groups is 1. The largest absolute Gasteiger partial charge is 0.299 e. The number of hydrogen-bond donors (Lipinski definition) is 1. The second kappa shape index (κ2) is 13.4. The van der Waals surface area contributed by atoms with Crippen molar-refractivity contribution < 1.29 is 17.8 Å². The maximum Gasteiger partial charge on any atom is 0.264 e. The molecule has 0 radical (unpaired) electrons. The molecule has 26 heavy (non-hydrogen) atoms. The van der Waals surface area contributed by atoms with E-state index < -0.39 is 10.1 Å². The van der Waals surface area contributed by atoms with Crippen molar-refractivity contribution in [3.63, 3.8) is 0 Å². The molecule has 1 aromatic heterocycles. The minimum Gasteiger partial charge on any atom is -0.299 e. The smallest absolute Gasteiger partial charge is 0.264 e. The Bertz CT molecular complexity index is 554. The molecule has 1 heterocycles. The van der Waals surface area contributed by atoms with E-state index in [2.05, 4.69) is 0 Å². The molecule has 0 unspecified atom stereocenters. The number of rotatable bonds is 5. The fourth-order valence-electron chi connectivity index (χ4n) is 2.22. The summed E-state index contributed by atoms with van der Waals surface area (Å²) in [7, 11) is -3.69. The molecule has 0 atom stereocenters. The van der Waals surface area contributed by atoms with E-state index in [-0.39, 0.29) is 11.2 Å². The third-order valence-electron chi connectivity index (χ3n) is 4.01. The van der Waals surface area contributed by atoms with Gasteiger partial charge in [0.25, 0.3) is 10.1 Å². The van der Waals surface area contributed by atoms with E-state index in [1.165, 1.54) is 38.5 Å². The Balaban J connectivity index is 0.000000387. The minimum atomic E-state index is -3.69. The van der Waals surface area contributed by atoms with Crippen molar-refractivity contribution in [3.05, 3.63) is 22.4 Å². The Morgan fingerprint density at radius 2 is 1.62 bits per heavy atom. The SMILES string of the molecule is C1CCCCC1.CC(C)(C)C(=O)Cc1cccs1.CCCCS(=O)(=O)O. The van der Waals surface area contributed by atoms with Crippen LogP contribution in [0, 0.1) is 5.41 Å². The fourth-order valence-corrected chi connectivity index (χ4v) is 3.58. The van der Waals surface area contributed by atoms with Gasteiger partial charge in [0.1, 0.15) is 5.78 Å². The summed E-state index contributed by atoms with van der Waals surface area (Å²) in [5, 5.41) is 2.01. The molecule has 1 fully saturated rings. The van der Waals surface area contributed by atoms with Crippen LogP contribution in [0.5, 0.6) is 0 Å². The molecule has 4 nitrogen and oxygen atoms in total. The van der Waals surface area contributed by atoms with Crippen LogP contribution in [0.4, 0.5) is 0 Å². The van der Waals surface area contributed by atoms with E-state index in [4.69, 9.17) is 4.55 Å². The average molecular weight is 405 g/mol. The van der Waals surface area contributed by atoms with Gasteiger partial charge in [-0.25, -0.2) is 0 Å². The summed E-state index contributed by atoms with van der Waals surface area (Å²) in [5.74, 6) is 0.203. The molecule has 0 bridgehead atoms. The minimum absolute atomic E-state index is 0.108. The monoisotopic (exact) mass is 404 g/mol. The van der Waals surface area contributed by atoms with Crippen molar-refractivity contribution in [1.29, 1.82) is 0 Å². The number of unbranched alkanes of at least 4 members (excludes halogenated alkanes) is 1. The standard InChI is InChI=1S/C10H14OS.C6H12.C4H10O3S/c1-10(2,3)9(11)7-8-5-4-6-12-8;1-2-4-6-5-3-1;1-2-3-4-8(5,6)7/h4-6H,7H2,1-3H3;1-6H2;2-4H2,1H3,(H,5,6,7). The number of hydrogen-bond acceptors (Lipinski definition) is 4. The molecule has 0 aromatic carbocycles. The highest BCUT2D eigenvalue weighted by atomic mass is 32.2. The van der Waals surface area contributed by atoms with E-state index in [9.17, 15) is 13.2 Å². The Morgan fingerprint density at radius 1 is 1.12 bits per heavy atom. The zero-order valence-corrected chi connectivity index (χ0v) is 18.4. The highest BCUT2D eigenvalue weighted by Gasteiger charge is 2.21. The van der Waals surface area contributed by atoms with Crippen LogP contribution in [0.1, 0.15) is 83.9 Å². The lowest BCUT2D eigenvalue weighted by Gasteiger charge is -2.15. The van der Waals surface area contributed by atoms with Gasteiger partial charge in [0, 0.05) is 16.7 Å². The summed E-state index contributed by atoms with van der Waals surface area (Å²) in [4.78, 5) is 12.7. The van der Waals surface area contributed by atoms with Crippen molar-refractivity contribution in [3.8, 4) is 0 Å². The van der Waals surface area contributed by atoms with Crippen LogP contribution in [0.25, 0.3) is 0 Å². The first-order chi connectivity index (χ1) is 12.1. The van der Waals surface area contributed by atoms with Crippen LogP contribution in [0.3, 0.4) is 0 Å². The summed E-state index contributed by atoms with van der Waals surface area (Å²) in [5.41, 5.74) is -0.204. The van der Waals surface area contributed by atoms with Gasteiger partial charge in [0.05, 0.1) is 5.75 Å². The summed E-state index contributed by atoms with van der Waals surface area (Å²) < 4.78 is 28.0. The highest BCUT2D eigenvalue weighted by Crippen LogP contribution is 2.19. The average Bonchev–Trinajstić information content (AvgIpc) is 3.07. The molecular weight excluding hydrogens is 368 g/mol. The van der Waals surface area contributed by atoms with Gasteiger partial charge in [-0.05, 0) is 17.9 Å². The van der Waals surface area contributed by atoms with Crippen molar-refractivity contribution in [2.75, 3.05) is 5.75 Å². The van der Waals surface area contributed by atoms with Crippen molar-refractivity contribution in [2.24, 2.45) is 5.41 Å². The fraction of sp³-hybridized carbons (Fsp3) is 0.750. The second-order valence-electron chi connectivity index (χ2n) is 7.69. The summed E-state index contributed by atoms with van der Waals surface area (Å²) in [6.45, 7) is 7.75. The molecule has 2 rings (SSSR count). The molecule has 1 aliphatic carbocycles. The number of thiophene rings is 1. The van der Waals surface area contributed by atoms with Crippen LogP contribution in [0.15, 0.2) is 17.5 Å². The molecule has 0 amide bonds. The van der Waals surface area contributed by atoms with Gasteiger partial charge >= 0.3 is 0 Å². The zero-order chi connectivity index (χ0) is 20.1. The van der Waals surface area contributed by atoms with Crippen molar-refractivity contribution in [2.45, 2.75) is 85.5 Å². The van der Waals surface area contributed by atoms with Crippen LogP contribution in [-0.4, -0.2) is 24.5 Å². The first-order valence-electron chi connectivity index (χ1n) is 9.57. The first kappa shape index (κ1) is 25.3. The van der Waals surface area contributed by atoms with E-state index in [1.54, 1.807) is 11.3 Å². The number of Topliss-reactive ketones (excluding diaryl/α,β-unsaturated/α-hetero) is 1. The number of carbonyl (C=O) groups excluding carboxylic acids is 1. The molecule has 1 aromatic rings. The van der Waals surface area contributed by atoms with E-state index in [0.717, 1.165) is 11.3 Å². The lowest BCUT2D eigenvalue weighted by molar-refractivity contribution is -0.125. The van der Waals surface area contributed by atoms with Crippen LogP contribution in [0.2, 0.25) is 0 Å². The van der Waals surface area contributed by atoms with Crippen molar-refractivity contribution in [1.82, 2.24) is 0 Å². The molecule has 0 spiro atoms. The van der Waals surface area contributed by atoms with Crippen LogP contribution in [-0.2, 0) is 21.3 Å². The quantitative estimate of drug-likeness (QED) is 0.618. The molecular formula is C20H36O4S2. The van der Waals surface area contributed by atoms with Gasteiger partial charge in [-0.15, -0.1) is 11.3 Å². The third kappa shape index (κ3) is 15.5. The molecule has 152 valence electrons. The normalized spacial score (nSPS) is 14.5. The zero-order valence-electron chi connectivity index (χ0n) is 16.8. The molecule has 1 N–H and O–H groups in total. The molecule has 6 heteroatoms. The van der Waals surface area contributed by atoms with Gasteiger partial charge in [-0.1, -0.05) is 78.7 Å². The summed E-state index contributed by atoms with van der Waals surface area (Å²) in [6.07, 6.45) is 10.9. The van der Waals surface area contributed by atoms with Crippen LogP contribution >= 0.6 is 11.3 Å². The Hall–Kier alpha value is -0.720. The molecule has 1 aliphatic rings. The van der Waals surface area contributed by atoms with E-state index in [0.29, 0.717) is 18.6 Å². The summed E-state index contributed by atoms with van der Waals surface area (Å²) in [6, 6.07) is 3.99. The molecule has 0 aliphatic heterocycles. The second-order valence-corrected chi connectivity index (χ2v) is 10.3. The van der Waals surface area contributed by atoms with Gasteiger partial charge in [0.2, 0.25) is 0 Å². The predicted molar refractivity (Wildman–Crippen MR) is 112 cm³/mol. The van der Waals surface area contributed by atoms with Crippen LogP contribution < -0.4 is 0 Å². The Kier molecular flexibility index (Phi) is 13.1. The predicted octanol–water partition coefficient (Wildman–Crippen LogP) is 5.92. The van der Waals surface area contributed by atoms with Gasteiger partial charge in [0.15, 0.2) is 0 Å². The highest BCUT2D eigenvalue weighted by molar-refractivity contribution is 7.85. The summed E-state index contributed by atoms with van der Waals surface area (Å²) >= 11 is 1.65. The van der Waals surface area contributed by atoms with E-state index in [1.807, 2.05) is 45.2 Å². The van der Waals surface area contributed by atoms with Crippen molar-refractivity contribution >= 4 is 27.2 Å². The molecule has 1 saturated carbocycles. The van der Waals surface area contributed by atoms with Gasteiger partial charge < -0.3 is 0 Å². The topological polar surface area (TPSA) is 71.4 Å². The third-order valence-corrected chi connectivity index (χ3v) is 5.69. The lowest BCUT2D eigenvalue weighted by Crippen LogP contribution is -2.21. The first-order valence-corrected chi connectivity index (χ1v) is 12.1. The maximum atomic E-state index is 11.5. The van der Waals surface area contributed by atoms with Gasteiger partial charge in [-0.3, -0.25) is 9.35 Å². The molecule has 0 saturated heterocycles. The van der Waals surface area contributed by atoms with Gasteiger partial charge in [-0.2, -0.15) is 8.42 Å². The Morgan fingerprint density at radius 3 is 1.88 bits per heavy atom. The van der Waals surface area contributed by atoms with E-state index >= 15 is 0 Å². The Labute approximate surface area is 164 Å². The number of ketones is 1. The maximum absolute atomic E-state index is 11.5.